The lowest BCUT2D eigenvalue weighted by molar-refractivity contribution is -0.385. The van der Waals surface area contributed by atoms with E-state index in [1.54, 1.807) is 0 Å². The topological polar surface area (TPSA) is 89.4 Å². The first-order valence-corrected chi connectivity index (χ1v) is 4.30. The van der Waals surface area contributed by atoms with Crippen LogP contribution in [0.25, 0.3) is 0 Å². The zero-order chi connectivity index (χ0) is 10.7. The predicted molar refractivity (Wildman–Crippen MR) is 52.5 cm³/mol. The Balaban J connectivity index is 3.20. The Morgan fingerprint density at radius 2 is 2.21 bits per heavy atom. The van der Waals surface area contributed by atoms with Crippen molar-refractivity contribution in [3.05, 3.63) is 32.8 Å². The highest BCUT2D eigenvalue weighted by molar-refractivity contribution is 6.31. The first-order chi connectivity index (χ1) is 6.56. The molecule has 3 N–H and O–H groups in total. The third-order valence-corrected chi connectivity index (χ3v) is 2.11. The number of nitro groups is 1. The van der Waals surface area contributed by atoms with Gasteiger partial charge in [0.1, 0.15) is 0 Å². The highest BCUT2D eigenvalue weighted by Gasteiger charge is 2.16. The van der Waals surface area contributed by atoms with Crippen LogP contribution in [0, 0.1) is 10.1 Å². The standard InChI is InChI=1S/C8H9ClN2O3/c9-6-4-8(12)7(11(13)14)3-5(6)1-2-10/h3-4,12H,1-2,10H2. The zero-order valence-corrected chi connectivity index (χ0v) is 7.99. The number of nitrogens with two attached hydrogens (primary N) is 1. The summed E-state index contributed by atoms with van der Waals surface area (Å²) in [5, 5.41) is 19.9. The molecule has 1 aromatic carbocycles. The maximum absolute atomic E-state index is 10.5. The van der Waals surface area contributed by atoms with Gasteiger partial charge in [0.15, 0.2) is 5.75 Å². The van der Waals surface area contributed by atoms with E-state index in [4.69, 9.17) is 17.3 Å². The van der Waals surface area contributed by atoms with Gasteiger partial charge in [-0.05, 0) is 18.5 Å². The normalized spacial score (nSPS) is 10.1. The lowest BCUT2D eigenvalue weighted by atomic mass is 10.1. The molecule has 0 amide bonds. The molecule has 1 aromatic rings. The van der Waals surface area contributed by atoms with Crippen molar-refractivity contribution in [2.75, 3.05) is 6.54 Å². The van der Waals surface area contributed by atoms with Gasteiger partial charge in [-0.2, -0.15) is 0 Å². The van der Waals surface area contributed by atoms with Crippen molar-refractivity contribution < 1.29 is 10.0 Å². The molecular weight excluding hydrogens is 208 g/mol. The second kappa shape index (κ2) is 4.26. The number of rotatable bonds is 3. The maximum atomic E-state index is 10.5. The number of nitro benzene ring substituents is 1. The summed E-state index contributed by atoms with van der Waals surface area (Å²) in [6.45, 7) is 0.349. The van der Waals surface area contributed by atoms with Crippen LogP contribution in [0.15, 0.2) is 12.1 Å². The second-order valence-electron chi connectivity index (χ2n) is 2.73. The third kappa shape index (κ3) is 2.12. The highest BCUT2D eigenvalue weighted by atomic mass is 35.5. The summed E-state index contributed by atoms with van der Waals surface area (Å²) in [7, 11) is 0. The van der Waals surface area contributed by atoms with Gasteiger partial charge < -0.3 is 10.8 Å². The molecule has 0 aliphatic heterocycles. The van der Waals surface area contributed by atoms with Gasteiger partial charge in [-0.15, -0.1) is 0 Å². The molecular formula is C8H9ClN2O3. The number of aromatic hydroxyl groups is 1. The van der Waals surface area contributed by atoms with Crippen LogP contribution in [0.1, 0.15) is 5.56 Å². The molecule has 6 heteroatoms. The van der Waals surface area contributed by atoms with Crippen molar-refractivity contribution in [3.8, 4) is 5.75 Å². The number of hydrogen-bond donors (Lipinski definition) is 2. The minimum absolute atomic E-state index is 0.290. The Morgan fingerprint density at radius 3 is 2.71 bits per heavy atom. The van der Waals surface area contributed by atoms with E-state index in [9.17, 15) is 15.2 Å². The largest absolute Gasteiger partial charge is 0.502 e. The summed E-state index contributed by atoms with van der Waals surface area (Å²) in [6.07, 6.45) is 0.444. The van der Waals surface area contributed by atoms with Gasteiger partial charge in [-0.25, -0.2) is 0 Å². The molecule has 5 nitrogen and oxygen atoms in total. The van der Waals surface area contributed by atoms with Crippen LogP contribution in [0.2, 0.25) is 5.02 Å². The quantitative estimate of drug-likeness (QED) is 0.591. The van der Waals surface area contributed by atoms with Crippen molar-refractivity contribution in [1.82, 2.24) is 0 Å². The lowest BCUT2D eigenvalue weighted by Crippen LogP contribution is -2.03. The van der Waals surface area contributed by atoms with Gasteiger partial charge in [-0.1, -0.05) is 11.6 Å². The number of halogens is 1. The molecule has 0 bridgehead atoms. The average molecular weight is 217 g/mol. The monoisotopic (exact) mass is 216 g/mol. The van der Waals surface area contributed by atoms with Gasteiger partial charge in [0.05, 0.1) is 4.92 Å². The first kappa shape index (κ1) is 10.7. The Labute approximate surface area is 85.3 Å². The smallest absolute Gasteiger partial charge is 0.311 e. The van der Waals surface area contributed by atoms with E-state index in [1.165, 1.54) is 6.07 Å². The molecule has 0 aliphatic carbocycles. The molecule has 0 atom stereocenters. The summed E-state index contributed by atoms with van der Waals surface area (Å²) < 4.78 is 0. The van der Waals surface area contributed by atoms with E-state index in [2.05, 4.69) is 0 Å². The van der Waals surface area contributed by atoms with Crippen LogP contribution in [0.4, 0.5) is 5.69 Å². The fourth-order valence-corrected chi connectivity index (χ4v) is 1.34. The molecule has 76 valence electrons. The van der Waals surface area contributed by atoms with Gasteiger partial charge in [0, 0.05) is 17.2 Å². The van der Waals surface area contributed by atoms with Crippen LogP contribution in [-0.4, -0.2) is 16.6 Å². The van der Waals surface area contributed by atoms with E-state index < -0.39 is 10.7 Å². The lowest BCUT2D eigenvalue weighted by Gasteiger charge is -2.03. The second-order valence-corrected chi connectivity index (χ2v) is 3.14. The van der Waals surface area contributed by atoms with Crippen LogP contribution < -0.4 is 5.73 Å². The predicted octanol–water partition coefficient (Wildman–Crippen LogP) is 1.45. The van der Waals surface area contributed by atoms with Crippen LogP contribution in [0.5, 0.6) is 5.75 Å². The number of phenols is 1. The molecule has 14 heavy (non-hydrogen) atoms. The van der Waals surface area contributed by atoms with Crippen molar-refractivity contribution in [2.24, 2.45) is 5.73 Å². The number of hydrogen-bond acceptors (Lipinski definition) is 4. The average Bonchev–Trinajstić information content (AvgIpc) is 2.09. The van der Waals surface area contributed by atoms with Crippen molar-refractivity contribution >= 4 is 17.3 Å². The fourth-order valence-electron chi connectivity index (χ4n) is 1.09. The Kier molecular flexibility index (Phi) is 3.27. The van der Waals surface area contributed by atoms with Gasteiger partial charge in [0.25, 0.3) is 0 Å². The number of phenolic OH excluding ortho intramolecular Hbond substituents is 1. The van der Waals surface area contributed by atoms with Gasteiger partial charge in [0.2, 0.25) is 0 Å². The molecule has 0 aliphatic rings. The number of nitrogens with zero attached hydrogens (tertiary/aromatic N) is 1. The first-order valence-electron chi connectivity index (χ1n) is 3.92. The highest BCUT2D eigenvalue weighted by Crippen LogP contribution is 2.31. The molecule has 0 aromatic heterocycles. The minimum atomic E-state index is -0.661. The van der Waals surface area contributed by atoms with Crippen molar-refractivity contribution in [3.63, 3.8) is 0 Å². The molecule has 0 saturated heterocycles. The Morgan fingerprint density at radius 1 is 1.57 bits per heavy atom. The SMILES string of the molecule is NCCc1cc([N+](=O)[O-])c(O)cc1Cl. The molecule has 0 saturated carbocycles. The van der Waals surface area contributed by atoms with E-state index in [0.29, 0.717) is 23.6 Å². The molecule has 0 heterocycles. The molecule has 0 fully saturated rings. The Hall–Kier alpha value is -1.33. The van der Waals surface area contributed by atoms with Crippen LogP contribution in [-0.2, 0) is 6.42 Å². The Bertz CT molecular complexity index is 368. The summed E-state index contributed by atoms with van der Waals surface area (Å²) in [6, 6.07) is 2.40. The van der Waals surface area contributed by atoms with E-state index in [0.717, 1.165) is 6.07 Å². The number of benzene rings is 1. The molecule has 0 unspecified atom stereocenters. The van der Waals surface area contributed by atoms with Crippen LogP contribution >= 0.6 is 11.6 Å². The van der Waals surface area contributed by atoms with E-state index in [-0.39, 0.29) is 5.69 Å². The molecule has 0 radical (unpaired) electrons. The van der Waals surface area contributed by atoms with Gasteiger partial charge in [-0.3, -0.25) is 10.1 Å². The molecule has 1 rings (SSSR count). The van der Waals surface area contributed by atoms with Gasteiger partial charge >= 0.3 is 5.69 Å². The van der Waals surface area contributed by atoms with E-state index in [1.807, 2.05) is 0 Å². The summed E-state index contributed by atoms with van der Waals surface area (Å²) in [5.74, 6) is -0.430. The van der Waals surface area contributed by atoms with E-state index >= 15 is 0 Å². The third-order valence-electron chi connectivity index (χ3n) is 1.75. The molecule has 0 spiro atoms. The van der Waals surface area contributed by atoms with Crippen LogP contribution in [0.3, 0.4) is 0 Å². The summed E-state index contributed by atoms with van der Waals surface area (Å²) >= 11 is 5.75. The summed E-state index contributed by atoms with van der Waals surface area (Å²) in [4.78, 5) is 9.80. The minimum Gasteiger partial charge on any atom is -0.502 e. The maximum Gasteiger partial charge on any atom is 0.311 e. The summed E-state index contributed by atoms with van der Waals surface area (Å²) in [5.41, 5.74) is 5.52. The zero-order valence-electron chi connectivity index (χ0n) is 7.24. The fraction of sp³-hybridized carbons (Fsp3) is 0.250. The van der Waals surface area contributed by atoms with Crippen molar-refractivity contribution in [1.29, 1.82) is 0 Å². The van der Waals surface area contributed by atoms with Crippen molar-refractivity contribution in [2.45, 2.75) is 6.42 Å².